The molecule has 1 aliphatic rings. The molecule has 4 nitrogen and oxygen atoms in total. The number of fused-ring (bicyclic) bond motifs is 1. The summed E-state index contributed by atoms with van der Waals surface area (Å²) in [6.07, 6.45) is 4.34. The first-order valence-electron chi connectivity index (χ1n) is 8.43. The minimum absolute atomic E-state index is 0.499. The first-order valence-corrected chi connectivity index (χ1v) is 9.22. The molecular weight excluding hydrogens is 364 g/mol. The van der Waals surface area contributed by atoms with Gasteiger partial charge in [-0.15, -0.1) is 0 Å². The van der Waals surface area contributed by atoms with E-state index in [-0.39, 0.29) is 0 Å². The first kappa shape index (κ1) is 15.7. The minimum Gasteiger partial charge on any atom is -0.381 e. The molecule has 2 aromatic carbocycles. The summed E-state index contributed by atoms with van der Waals surface area (Å²) in [5.74, 6) is 0. The Hall–Kier alpha value is -1.85. The zero-order valence-electron chi connectivity index (χ0n) is 13.5. The predicted molar refractivity (Wildman–Crippen MR) is 102 cm³/mol. The highest BCUT2D eigenvalue weighted by atomic mass is 79.9. The number of nitrogens with one attached hydrogen (secondary N) is 2. The highest BCUT2D eigenvalue weighted by molar-refractivity contribution is 9.10. The number of hydrogen-bond donors (Lipinski definition) is 2. The van der Waals surface area contributed by atoms with Gasteiger partial charge in [-0.25, -0.2) is 0 Å². The highest BCUT2D eigenvalue weighted by Crippen LogP contribution is 2.21. The van der Waals surface area contributed by atoms with E-state index in [1.165, 1.54) is 30.6 Å². The van der Waals surface area contributed by atoms with Crippen LogP contribution < -0.4 is 5.32 Å². The Balaban J connectivity index is 1.39. The van der Waals surface area contributed by atoms with Crippen molar-refractivity contribution >= 4 is 32.5 Å². The fourth-order valence-electron chi connectivity index (χ4n) is 3.43. The molecule has 0 saturated carbocycles. The number of halogens is 1. The molecule has 0 aliphatic carbocycles. The number of hydrogen-bond acceptors (Lipinski definition) is 3. The smallest absolute Gasteiger partial charge is 0.0651 e. The quantitative estimate of drug-likeness (QED) is 0.700. The summed E-state index contributed by atoms with van der Waals surface area (Å²) < 4.78 is 1.14. The van der Waals surface area contributed by atoms with Gasteiger partial charge in [-0.1, -0.05) is 28.1 Å². The van der Waals surface area contributed by atoms with E-state index in [2.05, 4.69) is 78.8 Å². The lowest BCUT2D eigenvalue weighted by molar-refractivity contribution is 0.208. The van der Waals surface area contributed by atoms with Gasteiger partial charge >= 0.3 is 0 Å². The number of anilines is 1. The van der Waals surface area contributed by atoms with Crippen molar-refractivity contribution in [2.24, 2.45) is 0 Å². The summed E-state index contributed by atoms with van der Waals surface area (Å²) in [4.78, 5) is 2.54. The lowest BCUT2D eigenvalue weighted by Gasteiger charge is -2.33. The number of H-pyrrole nitrogens is 1. The molecule has 0 bridgehead atoms. The Morgan fingerprint density at radius 2 is 2.08 bits per heavy atom. The maximum atomic E-state index is 4.09. The van der Waals surface area contributed by atoms with Crippen LogP contribution in [0, 0.1) is 0 Å². The second-order valence-corrected chi connectivity index (χ2v) is 7.43. The number of benzene rings is 2. The number of likely N-dealkylation sites (tertiary alicyclic amines) is 1. The van der Waals surface area contributed by atoms with Gasteiger partial charge in [-0.3, -0.25) is 10.00 Å². The van der Waals surface area contributed by atoms with Gasteiger partial charge in [-0.2, -0.15) is 5.10 Å². The Bertz CT molecular complexity index is 812. The summed E-state index contributed by atoms with van der Waals surface area (Å²) in [7, 11) is 0. The lowest BCUT2D eigenvalue weighted by Crippen LogP contribution is -2.41. The first-order chi connectivity index (χ1) is 11.8. The third kappa shape index (κ3) is 3.62. The molecule has 124 valence electrons. The molecule has 1 aromatic heterocycles. The maximum Gasteiger partial charge on any atom is 0.0651 e. The fourth-order valence-corrected chi connectivity index (χ4v) is 3.70. The van der Waals surface area contributed by atoms with E-state index >= 15 is 0 Å². The molecule has 24 heavy (non-hydrogen) atoms. The monoisotopic (exact) mass is 384 g/mol. The van der Waals surface area contributed by atoms with Crippen molar-refractivity contribution < 1.29 is 0 Å². The molecule has 1 saturated heterocycles. The molecule has 1 fully saturated rings. The highest BCUT2D eigenvalue weighted by Gasteiger charge is 2.19. The third-order valence-corrected chi connectivity index (χ3v) is 5.16. The van der Waals surface area contributed by atoms with E-state index in [1.54, 1.807) is 0 Å². The van der Waals surface area contributed by atoms with E-state index in [0.717, 1.165) is 28.5 Å². The Labute approximate surface area is 150 Å². The van der Waals surface area contributed by atoms with Crippen molar-refractivity contribution in [2.75, 3.05) is 18.4 Å². The molecule has 4 rings (SSSR count). The molecule has 3 aromatic rings. The van der Waals surface area contributed by atoms with Crippen molar-refractivity contribution in [1.82, 2.24) is 15.1 Å². The average Bonchev–Trinajstić information content (AvgIpc) is 3.05. The summed E-state index contributed by atoms with van der Waals surface area (Å²) >= 11 is 3.50. The van der Waals surface area contributed by atoms with Crippen LogP contribution in [-0.2, 0) is 6.54 Å². The molecule has 0 radical (unpaired) electrons. The van der Waals surface area contributed by atoms with E-state index in [4.69, 9.17) is 0 Å². The molecule has 1 aliphatic heterocycles. The van der Waals surface area contributed by atoms with Gasteiger partial charge in [0.15, 0.2) is 0 Å². The number of nitrogens with zero attached hydrogens (tertiary/aromatic N) is 2. The summed E-state index contributed by atoms with van der Waals surface area (Å²) in [5.41, 5.74) is 3.64. The van der Waals surface area contributed by atoms with Crippen molar-refractivity contribution in [3.8, 4) is 0 Å². The zero-order valence-corrected chi connectivity index (χ0v) is 15.1. The van der Waals surface area contributed by atoms with Crippen molar-refractivity contribution in [3.05, 3.63) is 58.7 Å². The zero-order chi connectivity index (χ0) is 16.4. The number of aromatic nitrogens is 2. The van der Waals surface area contributed by atoms with Crippen molar-refractivity contribution in [3.63, 3.8) is 0 Å². The third-order valence-electron chi connectivity index (χ3n) is 4.64. The maximum absolute atomic E-state index is 4.09. The van der Waals surface area contributed by atoms with Crippen molar-refractivity contribution in [2.45, 2.75) is 25.4 Å². The topological polar surface area (TPSA) is 44.0 Å². The fraction of sp³-hybridized carbons (Fsp3) is 0.316. The number of aromatic amines is 1. The van der Waals surface area contributed by atoms with Gasteiger partial charge in [0, 0.05) is 34.7 Å². The molecule has 0 amide bonds. The molecule has 0 spiro atoms. The van der Waals surface area contributed by atoms with Crippen LogP contribution in [0.15, 0.2) is 53.1 Å². The number of rotatable bonds is 4. The summed E-state index contributed by atoms with van der Waals surface area (Å²) in [6, 6.07) is 15.5. The standard InChI is InChI=1S/C19H21BrN4/c20-16-5-3-14(4-6-16)12-24-9-1-2-18(13-24)22-17-7-8-19-15(10-17)11-21-23-19/h3-8,10-11,18,22H,1-2,9,12-13H2,(H,21,23). The van der Waals surface area contributed by atoms with E-state index in [9.17, 15) is 0 Å². The van der Waals surface area contributed by atoms with Gasteiger partial charge < -0.3 is 5.32 Å². The van der Waals surface area contributed by atoms with Crippen LogP contribution in [0.2, 0.25) is 0 Å². The Morgan fingerprint density at radius 1 is 1.21 bits per heavy atom. The van der Waals surface area contributed by atoms with Crippen LogP contribution in [0.25, 0.3) is 10.9 Å². The van der Waals surface area contributed by atoms with E-state index in [0.29, 0.717) is 6.04 Å². The van der Waals surface area contributed by atoms with Gasteiger partial charge in [0.05, 0.1) is 11.7 Å². The van der Waals surface area contributed by atoms with E-state index < -0.39 is 0 Å². The molecule has 2 N–H and O–H groups in total. The normalized spacial score (nSPS) is 18.8. The predicted octanol–water partition coefficient (Wildman–Crippen LogP) is 4.40. The molecule has 2 heterocycles. The second kappa shape index (κ2) is 6.95. The molecule has 1 atom stereocenters. The SMILES string of the molecule is Brc1ccc(CN2CCCC(Nc3ccc4[nH]ncc4c3)C2)cc1. The molecule has 5 heteroatoms. The van der Waals surface area contributed by atoms with Crippen LogP contribution in [0.1, 0.15) is 18.4 Å². The van der Waals surface area contributed by atoms with Crippen LogP contribution in [0.3, 0.4) is 0 Å². The van der Waals surface area contributed by atoms with Crippen LogP contribution >= 0.6 is 15.9 Å². The largest absolute Gasteiger partial charge is 0.381 e. The van der Waals surface area contributed by atoms with Gasteiger partial charge in [0.2, 0.25) is 0 Å². The van der Waals surface area contributed by atoms with Crippen LogP contribution in [0.4, 0.5) is 5.69 Å². The summed E-state index contributed by atoms with van der Waals surface area (Å²) in [6.45, 7) is 3.28. The van der Waals surface area contributed by atoms with Crippen molar-refractivity contribution in [1.29, 1.82) is 0 Å². The van der Waals surface area contributed by atoms with E-state index in [1.807, 2.05) is 6.20 Å². The Kier molecular flexibility index (Phi) is 4.54. The van der Waals surface area contributed by atoms with Crippen LogP contribution in [0.5, 0.6) is 0 Å². The lowest BCUT2D eigenvalue weighted by atomic mass is 10.0. The number of piperidine rings is 1. The molecule has 1 unspecified atom stereocenters. The van der Waals surface area contributed by atoms with Crippen LogP contribution in [-0.4, -0.2) is 34.2 Å². The Morgan fingerprint density at radius 3 is 2.96 bits per heavy atom. The van der Waals surface area contributed by atoms with Gasteiger partial charge in [0.25, 0.3) is 0 Å². The second-order valence-electron chi connectivity index (χ2n) is 6.52. The molecular formula is C19H21BrN4. The van der Waals surface area contributed by atoms with Gasteiger partial charge in [-0.05, 0) is 55.3 Å². The summed E-state index contributed by atoms with van der Waals surface area (Å²) in [5, 5.41) is 11.9. The van der Waals surface area contributed by atoms with Gasteiger partial charge in [0.1, 0.15) is 0 Å². The minimum atomic E-state index is 0.499. The average molecular weight is 385 g/mol.